The maximum Gasteiger partial charge on any atom is 0.273 e. The average molecular weight is 543 g/mol. The lowest BCUT2D eigenvalue weighted by Gasteiger charge is -2.31. The summed E-state index contributed by atoms with van der Waals surface area (Å²) in [5, 5.41) is 12.0. The second kappa shape index (κ2) is 12.1. The summed E-state index contributed by atoms with van der Waals surface area (Å²) in [6.45, 7) is 10.4. The van der Waals surface area contributed by atoms with Crippen molar-refractivity contribution in [2.45, 2.75) is 47.1 Å². The molecule has 9 nitrogen and oxygen atoms in total. The van der Waals surface area contributed by atoms with E-state index < -0.39 is 11.0 Å². The molecule has 0 spiro atoms. The molecule has 0 saturated carbocycles. The van der Waals surface area contributed by atoms with Gasteiger partial charge < -0.3 is 9.64 Å². The van der Waals surface area contributed by atoms with Crippen molar-refractivity contribution in [1.29, 1.82) is 0 Å². The monoisotopic (exact) mass is 542 g/mol. The number of ether oxygens (including phenoxy) is 1. The van der Waals surface area contributed by atoms with Crippen molar-refractivity contribution < 1.29 is 14.5 Å². The minimum absolute atomic E-state index is 0.113. The van der Waals surface area contributed by atoms with Gasteiger partial charge in [0.1, 0.15) is 11.6 Å². The van der Waals surface area contributed by atoms with Crippen molar-refractivity contribution in [3.63, 3.8) is 0 Å². The van der Waals surface area contributed by atoms with Gasteiger partial charge in [-0.1, -0.05) is 32.0 Å². The molecule has 1 unspecified atom stereocenters. The Morgan fingerprint density at radius 3 is 2.42 bits per heavy atom. The number of hydrogen-bond acceptors (Lipinski definition) is 6. The number of nitro groups is 1. The van der Waals surface area contributed by atoms with Crippen molar-refractivity contribution >= 4 is 22.5 Å². The van der Waals surface area contributed by atoms with E-state index in [1.807, 2.05) is 19.9 Å². The Labute approximate surface area is 233 Å². The summed E-state index contributed by atoms with van der Waals surface area (Å²) < 4.78 is 7.12. The molecule has 4 aromatic rings. The number of rotatable bonds is 10. The van der Waals surface area contributed by atoms with Gasteiger partial charge in [-0.2, -0.15) is 0 Å². The van der Waals surface area contributed by atoms with E-state index in [-0.39, 0.29) is 22.7 Å². The molecule has 0 fully saturated rings. The van der Waals surface area contributed by atoms with E-state index in [1.165, 1.54) is 10.6 Å². The van der Waals surface area contributed by atoms with Crippen molar-refractivity contribution in [2.75, 3.05) is 13.2 Å². The molecule has 1 aromatic heterocycles. The molecule has 0 aliphatic rings. The number of nitro benzene ring substituents is 1. The molecule has 1 atom stereocenters. The molecular formula is C31H34N4O5. The van der Waals surface area contributed by atoms with Crippen molar-refractivity contribution in [3.05, 3.63) is 104 Å². The number of carbonyl (C=O) groups excluding carboxylic acids is 1. The van der Waals surface area contributed by atoms with Crippen LogP contribution in [0.5, 0.6) is 5.75 Å². The summed E-state index contributed by atoms with van der Waals surface area (Å²) in [6.07, 6.45) is 0.699. The van der Waals surface area contributed by atoms with Crippen LogP contribution in [-0.2, 0) is 0 Å². The van der Waals surface area contributed by atoms with Gasteiger partial charge in [-0.05, 0) is 75.6 Å². The number of nitrogens with zero attached hydrogens (tertiary/aromatic N) is 4. The van der Waals surface area contributed by atoms with Gasteiger partial charge in [0.15, 0.2) is 0 Å². The van der Waals surface area contributed by atoms with Crippen LogP contribution in [0, 0.1) is 23.0 Å². The van der Waals surface area contributed by atoms with Crippen LogP contribution in [0.2, 0.25) is 0 Å². The van der Waals surface area contributed by atoms with E-state index in [9.17, 15) is 19.7 Å². The highest BCUT2D eigenvalue weighted by atomic mass is 16.6. The highest BCUT2D eigenvalue weighted by Gasteiger charge is 2.29. The summed E-state index contributed by atoms with van der Waals surface area (Å²) in [5.74, 6) is 1.01. The maximum absolute atomic E-state index is 13.9. The lowest BCUT2D eigenvalue weighted by molar-refractivity contribution is -0.385. The zero-order valence-corrected chi connectivity index (χ0v) is 23.5. The molecule has 40 heavy (non-hydrogen) atoms. The number of fused-ring (bicyclic) bond motifs is 1. The minimum Gasteiger partial charge on any atom is -0.494 e. The first-order valence-corrected chi connectivity index (χ1v) is 13.4. The molecule has 0 N–H and O–H groups in total. The van der Waals surface area contributed by atoms with Crippen LogP contribution in [0.4, 0.5) is 5.69 Å². The molecule has 3 aromatic carbocycles. The lowest BCUT2D eigenvalue weighted by atomic mass is 10.1. The quantitative estimate of drug-likeness (QED) is 0.173. The molecular weight excluding hydrogens is 508 g/mol. The molecule has 208 valence electrons. The third kappa shape index (κ3) is 5.88. The predicted octanol–water partition coefficient (Wildman–Crippen LogP) is 6.25. The molecule has 1 heterocycles. The van der Waals surface area contributed by atoms with E-state index in [4.69, 9.17) is 9.72 Å². The van der Waals surface area contributed by atoms with Crippen molar-refractivity contribution in [2.24, 2.45) is 5.92 Å². The normalized spacial score (nSPS) is 11.9. The first-order chi connectivity index (χ1) is 19.1. The standard InChI is InChI=1S/C31H34N4O5/c1-6-40-25-15-13-24(14-16-25)34-29(32-27-10-8-7-9-26(27)31(34)37)22(5)33(18-17-20(2)3)30(36)23-12-11-21(4)28(19-23)35(38)39/h7-16,19-20,22H,6,17-18H2,1-5H3. The third-order valence-electron chi connectivity index (χ3n) is 6.91. The molecule has 0 saturated heterocycles. The van der Waals surface area contributed by atoms with Crippen LogP contribution in [-0.4, -0.2) is 38.4 Å². The average Bonchev–Trinajstić information content (AvgIpc) is 2.93. The minimum atomic E-state index is -0.629. The van der Waals surface area contributed by atoms with Crippen LogP contribution in [0.25, 0.3) is 16.6 Å². The van der Waals surface area contributed by atoms with E-state index in [0.29, 0.717) is 59.2 Å². The Balaban J connectivity index is 1.88. The van der Waals surface area contributed by atoms with Crippen LogP contribution in [0.15, 0.2) is 71.5 Å². The van der Waals surface area contributed by atoms with Gasteiger partial charge in [0.2, 0.25) is 0 Å². The third-order valence-corrected chi connectivity index (χ3v) is 6.91. The number of aryl methyl sites for hydroxylation is 1. The van der Waals surface area contributed by atoms with Gasteiger partial charge >= 0.3 is 0 Å². The SMILES string of the molecule is CCOc1ccc(-n2c(C(C)N(CCC(C)C)C(=O)c3ccc(C)c([N+](=O)[O-])c3)nc3ccccc3c2=O)cc1. The van der Waals surface area contributed by atoms with E-state index in [2.05, 4.69) is 13.8 Å². The highest BCUT2D eigenvalue weighted by Crippen LogP contribution is 2.28. The first-order valence-electron chi connectivity index (χ1n) is 13.4. The zero-order chi connectivity index (χ0) is 29.0. The number of aromatic nitrogens is 2. The van der Waals surface area contributed by atoms with Gasteiger partial charge in [-0.15, -0.1) is 0 Å². The lowest BCUT2D eigenvalue weighted by Crippen LogP contribution is -2.38. The van der Waals surface area contributed by atoms with E-state index >= 15 is 0 Å². The molecule has 0 bridgehead atoms. The Morgan fingerprint density at radius 1 is 1.07 bits per heavy atom. The van der Waals surface area contributed by atoms with E-state index in [0.717, 1.165) is 0 Å². The topological polar surface area (TPSA) is 108 Å². The van der Waals surface area contributed by atoms with Crippen LogP contribution in [0.1, 0.15) is 61.9 Å². The summed E-state index contributed by atoms with van der Waals surface area (Å²) >= 11 is 0. The largest absolute Gasteiger partial charge is 0.494 e. The first kappa shape index (κ1) is 28.5. The summed E-state index contributed by atoms with van der Waals surface area (Å²) in [6, 6.07) is 18.2. The molecule has 4 rings (SSSR count). The van der Waals surface area contributed by atoms with Crippen LogP contribution in [0.3, 0.4) is 0 Å². The molecule has 0 aliphatic carbocycles. The summed E-state index contributed by atoms with van der Waals surface area (Å²) in [4.78, 5) is 45.4. The number of amides is 1. The van der Waals surface area contributed by atoms with Gasteiger partial charge in [-0.25, -0.2) is 4.98 Å². The zero-order valence-electron chi connectivity index (χ0n) is 23.5. The number of para-hydroxylation sites is 1. The van der Waals surface area contributed by atoms with Gasteiger partial charge in [0.05, 0.1) is 34.2 Å². The van der Waals surface area contributed by atoms with Crippen LogP contribution >= 0.6 is 0 Å². The van der Waals surface area contributed by atoms with Crippen LogP contribution < -0.4 is 10.3 Å². The second-order valence-electron chi connectivity index (χ2n) is 10.2. The second-order valence-corrected chi connectivity index (χ2v) is 10.2. The maximum atomic E-state index is 13.9. The fourth-order valence-corrected chi connectivity index (χ4v) is 4.65. The van der Waals surface area contributed by atoms with Gasteiger partial charge in [-0.3, -0.25) is 24.3 Å². The Bertz CT molecular complexity index is 1590. The molecule has 0 aliphatic heterocycles. The van der Waals surface area contributed by atoms with Crippen molar-refractivity contribution in [3.8, 4) is 11.4 Å². The molecule has 1 amide bonds. The Morgan fingerprint density at radius 2 is 1.77 bits per heavy atom. The number of benzene rings is 3. The smallest absolute Gasteiger partial charge is 0.273 e. The van der Waals surface area contributed by atoms with Gasteiger partial charge in [0, 0.05) is 23.7 Å². The Kier molecular flexibility index (Phi) is 8.62. The fraction of sp³-hybridized carbons (Fsp3) is 0.323. The number of hydrogen-bond donors (Lipinski definition) is 0. The highest BCUT2D eigenvalue weighted by molar-refractivity contribution is 5.95. The predicted molar refractivity (Wildman–Crippen MR) is 155 cm³/mol. The Hall–Kier alpha value is -4.53. The van der Waals surface area contributed by atoms with Gasteiger partial charge in [0.25, 0.3) is 17.2 Å². The molecule has 9 heteroatoms. The van der Waals surface area contributed by atoms with Crippen molar-refractivity contribution in [1.82, 2.24) is 14.5 Å². The van der Waals surface area contributed by atoms with E-state index in [1.54, 1.807) is 66.4 Å². The molecule has 0 radical (unpaired) electrons. The summed E-state index contributed by atoms with van der Waals surface area (Å²) in [7, 11) is 0. The fourth-order valence-electron chi connectivity index (χ4n) is 4.65. The number of carbonyl (C=O) groups is 1. The summed E-state index contributed by atoms with van der Waals surface area (Å²) in [5.41, 5.74) is 1.44.